The number of hydrogen-bond acceptors (Lipinski definition) is 7. The third kappa shape index (κ3) is 6.08. The van der Waals surface area contributed by atoms with Crippen LogP contribution in [-0.4, -0.2) is 29.8 Å². The monoisotopic (exact) mass is 484 g/mol. The molecule has 4 rings (SSSR count). The predicted molar refractivity (Wildman–Crippen MR) is 139 cm³/mol. The van der Waals surface area contributed by atoms with Gasteiger partial charge in [0.1, 0.15) is 17.9 Å². The zero-order chi connectivity index (χ0) is 23.3. The van der Waals surface area contributed by atoms with Gasteiger partial charge in [-0.1, -0.05) is 44.9 Å². The van der Waals surface area contributed by atoms with Gasteiger partial charge in [-0.2, -0.15) is 4.91 Å². The standard InChI is InChI=1S/C25H33N4O2PS/c1-3-25(2,29-30)13-17-5-4-6-18(11-17)15-31-21-12-20(16-32-23(21)26)22-14-28-24(33-22)19-7-9-27-10-8-19/h4-6,11-12,14,19,27,32H,3,7-10,13,15-16,26H2,1-2H3. The molecule has 1 aromatic heterocycles. The van der Waals surface area contributed by atoms with Crippen molar-refractivity contribution in [3.05, 3.63) is 73.7 Å². The molecule has 2 unspecified atom stereocenters. The lowest BCUT2D eigenvalue weighted by atomic mass is 9.91. The van der Waals surface area contributed by atoms with Crippen molar-refractivity contribution >= 4 is 25.5 Å². The molecule has 0 spiro atoms. The van der Waals surface area contributed by atoms with Crippen molar-refractivity contribution in [2.75, 3.05) is 19.3 Å². The highest BCUT2D eigenvalue weighted by Gasteiger charge is 2.24. The summed E-state index contributed by atoms with van der Waals surface area (Å²) in [5, 5.41) is 8.02. The zero-order valence-corrected chi connectivity index (χ0v) is 21.2. The quantitative estimate of drug-likeness (QED) is 0.362. The first-order valence-electron chi connectivity index (χ1n) is 11.7. The Kier molecular flexibility index (Phi) is 7.94. The van der Waals surface area contributed by atoms with Gasteiger partial charge in [-0.3, -0.25) is 0 Å². The summed E-state index contributed by atoms with van der Waals surface area (Å²) in [6.45, 7) is 6.49. The molecule has 8 heteroatoms. The van der Waals surface area contributed by atoms with Crippen LogP contribution in [0.3, 0.4) is 0 Å². The fourth-order valence-corrected chi connectivity index (χ4v) is 6.41. The summed E-state index contributed by atoms with van der Waals surface area (Å²) in [5.41, 5.74) is 9.98. The van der Waals surface area contributed by atoms with Crippen LogP contribution >= 0.6 is 19.9 Å². The van der Waals surface area contributed by atoms with Gasteiger partial charge < -0.3 is 15.8 Å². The number of aromatic nitrogens is 1. The summed E-state index contributed by atoms with van der Waals surface area (Å²) in [7, 11) is 0.520. The normalized spacial score (nSPS) is 19.9. The Morgan fingerprint density at radius 3 is 2.88 bits per heavy atom. The molecule has 1 fully saturated rings. The molecule has 0 saturated carbocycles. The molecule has 3 N–H and O–H groups in total. The van der Waals surface area contributed by atoms with Crippen molar-refractivity contribution in [3.8, 4) is 0 Å². The van der Waals surface area contributed by atoms with Crippen LogP contribution < -0.4 is 11.1 Å². The minimum Gasteiger partial charge on any atom is -0.487 e. The number of piperidine rings is 1. The van der Waals surface area contributed by atoms with E-state index in [2.05, 4.69) is 22.6 Å². The molecule has 0 aliphatic carbocycles. The van der Waals surface area contributed by atoms with E-state index in [-0.39, 0.29) is 0 Å². The van der Waals surface area contributed by atoms with Crippen molar-refractivity contribution in [1.82, 2.24) is 10.3 Å². The lowest BCUT2D eigenvalue weighted by Gasteiger charge is -2.20. The van der Waals surface area contributed by atoms with Crippen LogP contribution in [0.1, 0.15) is 60.0 Å². The molecule has 3 heterocycles. The fourth-order valence-electron chi connectivity index (χ4n) is 4.19. The van der Waals surface area contributed by atoms with Gasteiger partial charge in [0, 0.05) is 18.5 Å². The zero-order valence-electron chi connectivity index (χ0n) is 19.4. The van der Waals surface area contributed by atoms with E-state index in [0.29, 0.717) is 33.9 Å². The van der Waals surface area contributed by atoms with Crippen LogP contribution in [0.15, 0.2) is 52.9 Å². The highest BCUT2D eigenvalue weighted by Crippen LogP contribution is 2.39. The maximum atomic E-state index is 11.2. The van der Waals surface area contributed by atoms with Gasteiger partial charge in [-0.15, -0.1) is 11.3 Å². The molecular weight excluding hydrogens is 451 g/mol. The summed E-state index contributed by atoms with van der Waals surface area (Å²) in [5.74, 6) is 1.34. The fraction of sp³-hybridized carbons (Fsp3) is 0.480. The smallest absolute Gasteiger partial charge is 0.143 e. The SMILES string of the molecule is CCC(C)(Cc1cccc(COC2=C(N)PCC(c3cnc(C4CCNCC4)s3)=C2)c1)N=O. The maximum absolute atomic E-state index is 11.2. The van der Waals surface area contributed by atoms with E-state index in [0.717, 1.165) is 54.4 Å². The van der Waals surface area contributed by atoms with Crippen molar-refractivity contribution in [3.63, 3.8) is 0 Å². The number of thiazole rings is 1. The number of hydrogen-bond donors (Lipinski definition) is 2. The number of nitrogens with two attached hydrogens (primary N) is 1. The van der Waals surface area contributed by atoms with Crippen molar-refractivity contribution in [2.45, 2.75) is 57.6 Å². The highest BCUT2D eigenvalue weighted by molar-refractivity contribution is 7.43. The Morgan fingerprint density at radius 2 is 2.12 bits per heavy atom. The van der Waals surface area contributed by atoms with Gasteiger partial charge >= 0.3 is 0 Å². The van der Waals surface area contributed by atoms with E-state index in [1.165, 1.54) is 15.5 Å². The number of rotatable bonds is 9. The van der Waals surface area contributed by atoms with Crippen molar-refractivity contribution < 1.29 is 4.74 Å². The van der Waals surface area contributed by atoms with Crippen LogP contribution in [0, 0.1) is 4.91 Å². The van der Waals surface area contributed by atoms with Crippen molar-refractivity contribution in [1.29, 1.82) is 0 Å². The maximum Gasteiger partial charge on any atom is 0.143 e. The number of benzene rings is 1. The molecule has 1 aromatic carbocycles. The lowest BCUT2D eigenvalue weighted by molar-refractivity contribution is 0.209. The van der Waals surface area contributed by atoms with Crippen LogP contribution in [0.4, 0.5) is 0 Å². The van der Waals surface area contributed by atoms with Gasteiger partial charge in [-0.05, 0) is 68.2 Å². The van der Waals surface area contributed by atoms with Crippen LogP contribution in [0.2, 0.25) is 0 Å². The average molecular weight is 485 g/mol. The Balaban J connectivity index is 1.43. The van der Waals surface area contributed by atoms with E-state index in [4.69, 9.17) is 15.5 Å². The van der Waals surface area contributed by atoms with Gasteiger partial charge in [-0.25, -0.2) is 4.98 Å². The second kappa shape index (κ2) is 10.9. The predicted octanol–water partition coefficient (Wildman–Crippen LogP) is 5.51. The van der Waals surface area contributed by atoms with Gasteiger partial charge in [0.25, 0.3) is 0 Å². The molecule has 33 heavy (non-hydrogen) atoms. The number of nitrogens with zero attached hydrogens (tertiary/aromatic N) is 2. The Labute approximate surface area is 201 Å². The first-order valence-corrected chi connectivity index (χ1v) is 13.7. The summed E-state index contributed by atoms with van der Waals surface area (Å²) in [4.78, 5) is 17.2. The number of nitrogens with one attached hydrogen (secondary N) is 1. The van der Waals surface area contributed by atoms with E-state index in [1.54, 1.807) is 0 Å². The van der Waals surface area contributed by atoms with E-state index in [9.17, 15) is 4.91 Å². The summed E-state index contributed by atoms with van der Waals surface area (Å²) >= 11 is 1.82. The van der Waals surface area contributed by atoms with E-state index >= 15 is 0 Å². The molecule has 176 valence electrons. The first kappa shape index (κ1) is 24.1. The minimum atomic E-state index is -0.573. The van der Waals surface area contributed by atoms with E-state index < -0.39 is 5.54 Å². The molecule has 0 amide bonds. The topological polar surface area (TPSA) is 89.6 Å². The van der Waals surface area contributed by atoms with Gasteiger partial charge in [0.05, 0.1) is 15.3 Å². The Morgan fingerprint density at radius 1 is 1.33 bits per heavy atom. The van der Waals surface area contributed by atoms with Crippen LogP contribution in [-0.2, 0) is 17.8 Å². The van der Waals surface area contributed by atoms with Gasteiger partial charge in [0.2, 0.25) is 0 Å². The molecule has 2 aliphatic heterocycles. The number of ether oxygens (including phenoxy) is 1. The molecule has 0 radical (unpaired) electrons. The molecular formula is C25H33N4O2PS. The number of allylic oxidation sites excluding steroid dienone is 2. The largest absolute Gasteiger partial charge is 0.487 e. The second-order valence-electron chi connectivity index (χ2n) is 9.12. The summed E-state index contributed by atoms with van der Waals surface area (Å²) < 4.78 is 6.17. The molecule has 1 saturated heterocycles. The molecule has 6 nitrogen and oxygen atoms in total. The Hall–Kier alpha value is -2.08. The second-order valence-corrected chi connectivity index (χ2v) is 11.4. The summed E-state index contributed by atoms with van der Waals surface area (Å²) in [6.07, 6.45) is 8.72. The Bertz CT molecular complexity index is 1040. The first-order chi connectivity index (χ1) is 16.0. The molecule has 0 bridgehead atoms. The van der Waals surface area contributed by atoms with Crippen molar-refractivity contribution in [2.24, 2.45) is 10.9 Å². The number of nitroso groups, excluding NO2 is 1. The highest BCUT2D eigenvalue weighted by atomic mass is 32.1. The van der Waals surface area contributed by atoms with Gasteiger partial charge in [0.15, 0.2) is 0 Å². The third-order valence-electron chi connectivity index (χ3n) is 6.52. The average Bonchev–Trinajstić information content (AvgIpc) is 3.35. The van der Waals surface area contributed by atoms with Crippen LogP contribution in [0.25, 0.3) is 5.57 Å². The van der Waals surface area contributed by atoms with E-state index in [1.807, 2.05) is 49.6 Å². The lowest BCUT2D eigenvalue weighted by Crippen LogP contribution is -2.26. The molecule has 2 aliphatic rings. The third-order valence-corrected chi connectivity index (χ3v) is 8.94. The van der Waals surface area contributed by atoms with Crippen LogP contribution in [0.5, 0.6) is 0 Å². The summed E-state index contributed by atoms with van der Waals surface area (Å²) in [6, 6.07) is 8.19. The molecule has 2 aromatic rings. The molecule has 2 atom stereocenters. The minimum absolute atomic E-state index is 0.443.